The van der Waals surface area contributed by atoms with Gasteiger partial charge in [0.1, 0.15) is 5.75 Å². The third-order valence-corrected chi connectivity index (χ3v) is 5.64. The summed E-state index contributed by atoms with van der Waals surface area (Å²) in [4.78, 5) is 12.9. The molecule has 0 saturated carbocycles. The summed E-state index contributed by atoms with van der Waals surface area (Å²) >= 11 is 0. The van der Waals surface area contributed by atoms with E-state index < -0.39 is 22.5 Å². The Morgan fingerprint density at radius 2 is 1.41 bits per heavy atom. The van der Waals surface area contributed by atoms with Gasteiger partial charge in [-0.1, -0.05) is 54.1 Å². The van der Waals surface area contributed by atoms with Crippen molar-refractivity contribution < 1.29 is 17.9 Å². The number of carbonyl (C=O) groups excluding carboxylic acids is 1. The lowest BCUT2D eigenvalue weighted by molar-refractivity contribution is -0.119. The first-order chi connectivity index (χ1) is 13.0. The highest BCUT2D eigenvalue weighted by molar-refractivity contribution is 7.93. The van der Waals surface area contributed by atoms with Crippen LogP contribution < -0.4 is 9.04 Å². The van der Waals surface area contributed by atoms with Crippen molar-refractivity contribution in [1.29, 1.82) is 0 Å². The Morgan fingerprint density at radius 1 is 0.852 bits per heavy atom. The molecule has 3 aromatic rings. The zero-order chi connectivity index (χ0) is 19.3. The van der Waals surface area contributed by atoms with E-state index in [2.05, 4.69) is 0 Å². The molecule has 5 nitrogen and oxygen atoms in total. The van der Waals surface area contributed by atoms with Crippen LogP contribution in [0, 0.1) is 6.92 Å². The lowest BCUT2D eigenvalue weighted by Crippen LogP contribution is -2.40. The number of hydrogen-bond donors (Lipinski definition) is 0. The molecular weight excluding hydrogens is 362 g/mol. The van der Waals surface area contributed by atoms with Crippen LogP contribution in [0.25, 0.3) is 0 Å². The van der Waals surface area contributed by atoms with Gasteiger partial charge in [-0.05, 0) is 43.3 Å². The zero-order valence-electron chi connectivity index (χ0n) is 14.8. The van der Waals surface area contributed by atoms with Gasteiger partial charge < -0.3 is 4.74 Å². The Balaban J connectivity index is 1.94. The molecule has 0 aliphatic heterocycles. The molecule has 0 radical (unpaired) electrons. The van der Waals surface area contributed by atoms with Crippen LogP contribution in [0.3, 0.4) is 0 Å². The minimum Gasteiger partial charge on any atom is -0.484 e. The number of amides is 1. The monoisotopic (exact) mass is 381 g/mol. The van der Waals surface area contributed by atoms with Crippen molar-refractivity contribution in [2.24, 2.45) is 0 Å². The van der Waals surface area contributed by atoms with Gasteiger partial charge in [0.25, 0.3) is 15.9 Å². The van der Waals surface area contributed by atoms with Gasteiger partial charge in [0.2, 0.25) is 0 Å². The van der Waals surface area contributed by atoms with Crippen LogP contribution >= 0.6 is 0 Å². The number of anilines is 1. The second-order valence-corrected chi connectivity index (χ2v) is 7.70. The molecule has 6 heteroatoms. The molecule has 0 aliphatic carbocycles. The van der Waals surface area contributed by atoms with Gasteiger partial charge in [-0.3, -0.25) is 4.79 Å². The molecule has 0 aliphatic rings. The van der Waals surface area contributed by atoms with Gasteiger partial charge in [0.15, 0.2) is 6.61 Å². The average molecular weight is 381 g/mol. The number of benzene rings is 3. The maximum atomic E-state index is 13.1. The molecule has 0 unspecified atom stereocenters. The van der Waals surface area contributed by atoms with Crippen molar-refractivity contribution in [3.05, 3.63) is 90.5 Å². The van der Waals surface area contributed by atoms with Crippen molar-refractivity contribution >= 4 is 21.6 Å². The summed E-state index contributed by atoms with van der Waals surface area (Å²) in [7, 11) is -4.07. The van der Waals surface area contributed by atoms with Crippen LogP contribution in [0.1, 0.15) is 5.56 Å². The largest absolute Gasteiger partial charge is 0.484 e. The Bertz CT molecular complexity index is 1000. The van der Waals surface area contributed by atoms with E-state index in [0.717, 1.165) is 9.87 Å². The molecule has 27 heavy (non-hydrogen) atoms. The van der Waals surface area contributed by atoms with Gasteiger partial charge in [-0.15, -0.1) is 0 Å². The van der Waals surface area contributed by atoms with E-state index in [9.17, 15) is 13.2 Å². The predicted octanol–water partition coefficient (Wildman–Crippen LogP) is 3.80. The van der Waals surface area contributed by atoms with Crippen molar-refractivity contribution in [3.8, 4) is 5.75 Å². The van der Waals surface area contributed by atoms with Crippen LogP contribution in [-0.2, 0) is 14.8 Å². The summed E-state index contributed by atoms with van der Waals surface area (Å²) in [5.74, 6) is -0.183. The summed E-state index contributed by atoms with van der Waals surface area (Å²) < 4.78 is 32.5. The topological polar surface area (TPSA) is 63.7 Å². The number of rotatable bonds is 6. The molecule has 3 aromatic carbocycles. The standard InChI is InChI=1S/C21H19NO4S/c1-17-12-14-20(15-13-17)27(24,25)22(18-8-4-2-5-9-18)21(23)16-26-19-10-6-3-7-11-19/h2-15H,16H2,1H3. The summed E-state index contributed by atoms with van der Waals surface area (Å²) in [6.07, 6.45) is 0. The number of nitrogens with zero attached hydrogens (tertiary/aromatic N) is 1. The highest BCUT2D eigenvalue weighted by Crippen LogP contribution is 2.24. The van der Waals surface area contributed by atoms with Crippen LogP contribution in [0.15, 0.2) is 89.8 Å². The first-order valence-electron chi connectivity index (χ1n) is 8.36. The molecule has 0 heterocycles. The van der Waals surface area contributed by atoms with Crippen molar-refractivity contribution in [1.82, 2.24) is 0 Å². The number of hydrogen-bond acceptors (Lipinski definition) is 4. The summed E-state index contributed by atoms with van der Waals surface area (Å²) in [6, 6.07) is 23.4. The number of ether oxygens (including phenoxy) is 1. The van der Waals surface area contributed by atoms with Crippen LogP contribution in [0.5, 0.6) is 5.75 Å². The maximum absolute atomic E-state index is 13.1. The van der Waals surface area contributed by atoms with Crippen molar-refractivity contribution in [3.63, 3.8) is 0 Å². The normalized spacial score (nSPS) is 11.0. The highest BCUT2D eigenvalue weighted by atomic mass is 32.2. The summed E-state index contributed by atoms with van der Waals surface area (Å²) in [5, 5.41) is 0. The lowest BCUT2D eigenvalue weighted by atomic mass is 10.2. The number of aryl methyl sites for hydroxylation is 1. The van der Waals surface area contributed by atoms with E-state index in [-0.39, 0.29) is 10.6 Å². The Morgan fingerprint density at radius 3 is 2.00 bits per heavy atom. The Labute approximate surface area is 158 Å². The minimum absolute atomic E-state index is 0.0463. The van der Waals surface area contributed by atoms with E-state index in [1.165, 1.54) is 12.1 Å². The summed E-state index contributed by atoms with van der Waals surface area (Å²) in [5.41, 5.74) is 1.19. The molecule has 0 atom stereocenters. The third-order valence-electron chi connectivity index (χ3n) is 3.88. The van der Waals surface area contributed by atoms with E-state index in [1.807, 2.05) is 13.0 Å². The average Bonchev–Trinajstić information content (AvgIpc) is 2.68. The van der Waals surface area contributed by atoms with Crippen LogP contribution in [-0.4, -0.2) is 20.9 Å². The summed E-state index contributed by atoms with van der Waals surface area (Å²) in [6.45, 7) is 1.47. The first-order valence-corrected chi connectivity index (χ1v) is 9.80. The second kappa shape index (κ2) is 8.05. The fraction of sp³-hybridized carbons (Fsp3) is 0.0952. The molecule has 0 fully saturated rings. The number of sulfonamides is 1. The molecular formula is C21H19NO4S. The molecule has 0 saturated heterocycles. The Kier molecular flexibility index (Phi) is 5.57. The molecule has 1 amide bonds. The van der Waals surface area contributed by atoms with E-state index in [1.54, 1.807) is 66.7 Å². The van der Waals surface area contributed by atoms with E-state index in [4.69, 9.17) is 4.74 Å². The fourth-order valence-corrected chi connectivity index (χ4v) is 3.93. The number of carbonyl (C=O) groups is 1. The lowest BCUT2D eigenvalue weighted by Gasteiger charge is -2.22. The van der Waals surface area contributed by atoms with Crippen molar-refractivity contribution in [2.45, 2.75) is 11.8 Å². The van der Waals surface area contributed by atoms with Gasteiger partial charge in [-0.25, -0.2) is 8.42 Å². The predicted molar refractivity (Wildman–Crippen MR) is 104 cm³/mol. The molecule has 138 valence electrons. The van der Waals surface area contributed by atoms with Crippen LogP contribution in [0.2, 0.25) is 0 Å². The van der Waals surface area contributed by atoms with E-state index >= 15 is 0 Å². The first kappa shape index (κ1) is 18.7. The van der Waals surface area contributed by atoms with Crippen molar-refractivity contribution in [2.75, 3.05) is 10.9 Å². The Hall–Kier alpha value is -3.12. The molecule has 0 spiro atoms. The van der Waals surface area contributed by atoms with Gasteiger partial charge in [0.05, 0.1) is 10.6 Å². The van der Waals surface area contributed by atoms with Gasteiger partial charge in [0, 0.05) is 0 Å². The molecule has 0 N–H and O–H groups in total. The second-order valence-electron chi connectivity index (χ2n) is 5.91. The van der Waals surface area contributed by atoms with Gasteiger partial charge >= 0.3 is 0 Å². The van der Waals surface area contributed by atoms with Crippen LogP contribution in [0.4, 0.5) is 5.69 Å². The number of para-hydroxylation sites is 2. The molecule has 0 bridgehead atoms. The molecule has 0 aromatic heterocycles. The smallest absolute Gasteiger partial charge is 0.278 e. The minimum atomic E-state index is -4.07. The third kappa shape index (κ3) is 4.35. The SMILES string of the molecule is Cc1ccc(S(=O)(=O)N(C(=O)COc2ccccc2)c2ccccc2)cc1. The zero-order valence-corrected chi connectivity index (χ0v) is 15.6. The maximum Gasteiger partial charge on any atom is 0.278 e. The highest BCUT2D eigenvalue weighted by Gasteiger charge is 2.31. The molecule has 3 rings (SSSR count). The van der Waals surface area contributed by atoms with E-state index in [0.29, 0.717) is 5.75 Å². The fourth-order valence-electron chi connectivity index (χ4n) is 2.52. The quantitative estimate of drug-likeness (QED) is 0.652. The van der Waals surface area contributed by atoms with Gasteiger partial charge in [-0.2, -0.15) is 4.31 Å².